The molecule has 0 saturated carbocycles. The second-order valence-corrected chi connectivity index (χ2v) is 8.64. The van der Waals surface area contributed by atoms with Gasteiger partial charge in [0.15, 0.2) is 0 Å². The van der Waals surface area contributed by atoms with Crippen molar-refractivity contribution in [2.24, 2.45) is 0 Å². The fourth-order valence-corrected chi connectivity index (χ4v) is 4.54. The van der Waals surface area contributed by atoms with Crippen LogP contribution in [0.15, 0.2) is 18.2 Å². The number of aromatic nitrogens is 3. The smallest absolute Gasteiger partial charge is 0.251 e. The van der Waals surface area contributed by atoms with Crippen LogP contribution in [-0.4, -0.2) is 69.2 Å². The van der Waals surface area contributed by atoms with Gasteiger partial charge >= 0.3 is 0 Å². The van der Waals surface area contributed by atoms with Crippen LogP contribution in [-0.2, 0) is 16.1 Å². The van der Waals surface area contributed by atoms with E-state index in [1.165, 1.54) is 0 Å². The van der Waals surface area contributed by atoms with E-state index in [1.54, 1.807) is 35.6 Å². The molecular formula is C23H30N6O4. The summed E-state index contributed by atoms with van der Waals surface area (Å²) in [5.41, 5.74) is 1.41. The summed E-state index contributed by atoms with van der Waals surface area (Å²) < 4.78 is 7.36. The SMILES string of the molecule is Cc1nc(C)n(CC(=O)N2[C@@H]3CC[C@H]2CC(=O)NCCOc2cc(ccc2C)C(=O)NC3)n1. The number of aryl methyl sites for hydroxylation is 3. The van der Waals surface area contributed by atoms with E-state index in [4.69, 9.17) is 4.74 Å². The monoisotopic (exact) mass is 454 g/mol. The lowest BCUT2D eigenvalue weighted by molar-refractivity contribution is -0.136. The first-order chi connectivity index (χ1) is 15.8. The maximum atomic E-state index is 13.3. The molecule has 4 bridgehead atoms. The molecule has 2 aliphatic heterocycles. The summed E-state index contributed by atoms with van der Waals surface area (Å²) in [5, 5.41) is 10.1. The molecule has 176 valence electrons. The number of rotatable bonds is 2. The molecular weight excluding hydrogens is 424 g/mol. The number of carbonyl (C=O) groups is 3. The Bertz CT molecular complexity index is 1070. The van der Waals surface area contributed by atoms with Crippen molar-refractivity contribution in [3.05, 3.63) is 41.0 Å². The number of hydrogen-bond donors (Lipinski definition) is 2. The molecule has 1 aromatic heterocycles. The number of amides is 3. The number of fused-ring (bicyclic) bond motifs is 4. The molecule has 2 atom stereocenters. The number of carbonyl (C=O) groups excluding carboxylic acids is 3. The van der Waals surface area contributed by atoms with E-state index in [9.17, 15) is 14.4 Å². The van der Waals surface area contributed by atoms with Crippen LogP contribution in [0.1, 0.15) is 46.8 Å². The van der Waals surface area contributed by atoms with Crippen LogP contribution in [0.5, 0.6) is 5.75 Å². The zero-order valence-electron chi connectivity index (χ0n) is 19.3. The summed E-state index contributed by atoms with van der Waals surface area (Å²) in [7, 11) is 0. The van der Waals surface area contributed by atoms with Crippen LogP contribution in [0, 0.1) is 20.8 Å². The fourth-order valence-electron chi connectivity index (χ4n) is 4.54. The van der Waals surface area contributed by atoms with Crippen molar-refractivity contribution in [2.75, 3.05) is 19.7 Å². The van der Waals surface area contributed by atoms with E-state index < -0.39 is 0 Å². The molecule has 1 saturated heterocycles. The first-order valence-electron chi connectivity index (χ1n) is 11.3. The predicted molar refractivity (Wildman–Crippen MR) is 120 cm³/mol. The summed E-state index contributed by atoms with van der Waals surface area (Å²) in [6, 6.07) is 4.87. The average molecular weight is 455 g/mol. The van der Waals surface area contributed by atoms with E-state index in [0.29, 0.717) is 55.5 Å². The van der Waals surface area contributed by atoms with Crippen molar-refractivity contribution in [1.29, 1.82) is 0 Å². The van der Waals surface area contributed by atoms with Crippen LogP contribution in [0.3, 0.4) is 0 Å². The van der Waals surface area contributed by atoms with Gasteiger partial charge in [0.1, 0.15) is 30.5 Å². The Balaban J connectivity index is 1.56. The third-order valence-corrected chi connectivity index (χ3v) is 6.21. The highest BCUT2D eigenvalue weighted by molar-refractivity contribution is 5.94. The molecule has 0 unspecified atom stereocenters. The first-order valence-corrected chi connectivity index (χ1v) is 11.3. The summed E-state index contributed by atoms with van der Waals surface area (Å²) in [6.45, 7) is 6.48. The summed E-state index contributed by atoms with van der Waals surface area (Å²) in [6.07, 6.45) is 1.61. The Kier molecular flexibility index (Phi) is 6.62. The van der Waals surface area contributed by atoms with Crippen LogP contribution in [0.2, 0.25) is 0 Å². The zero-order valence-corrected chi connectivity index (χ0v) is 19.3. The molecule has 3 heterocycles. The Morgan fingerprint density at radius 3 is 2.70 bits per heavy atom. The van der Waals surface area contributed by atoms with Gasteiger partial charge in [0.05, 0.1) is 6.54 Å². The molecule has 1 aromatic carbocycles. The third-order valence-electron chi connectivity index (χ3n) is 6.21. The molecule has 33 heavy (non-hydrogen) atoms. The largest absolute Gasteiger partial charge is 0.491 e. The molecule has 10 heteroatoms. The molecule has 2 aliphatic rings. The van der Waals surface area contributed by atoms with Gasteiger partial charge in [-0.3, -0.25) is 14.4 Å². The molecule has 3 amide bonds. The Labute approximate surface area is 192 Å². The lowest BCUT2D eigenvalue weighted by Crippen LogP contribution is -2.49. The van der Waals surface area contributed by atoms with Gasteiger partial charge in [-0.05, 0) is 51.3 Å². The fraction of sp³-hybridized carbons (Fsp3) is 0.522. The quantitative estimate of drug-likeness (QED) is 0.696. The number of nitrogens with zero attached hydrogens (tertiary/aromatic N) is 4. The van der Waals surface area contributed by atoms with Crippen molar-refractivity contribution in [3.8, 4) is 5.75 Å². The minimum atomic E-state index is -0.237. The Morgan fingerprint density at radius 1 is 1.15 bits per heavy atom. The Hall–Kier alpha value is -3.43. The Morgan fingerprint density at radius 2 is 1.94 bits per heavy atom. The lowest BCUT2D eigenvalue weighted by Gasteiger charge is -2.30. The minimum absolute atomic E-state index is 0.0460. The number of benzene rings is 1. The molecule has 1 fully saturated rings. The number of nitrogens with one attached hydrogen (secondary N) is 2. The molecule has 0 radical (unpaired) electrons. The van der Waals surface area contributed by atoms with Gasteiger partial charge < -0.3 is 20.3 Å². The molecule has 2 aromatic rings. The van der Waals surface area contributed by atoms with E-state index in [1.807, 2.05) is 13.0 Å². The summed E-state index contributed by atoms with van der Waals surface area (Å²) in [4.78, 5) is 44.7. The van der Waals surface area contributed by atoms with Gasteiger partial charge in [-0.2, -0.15) is 5.10 Å². The first kappa shape index (κ1) is 22.8. The van der Waals surface area contributed by atoms with E-state index in [-0.39, 0.29) is 42.8 Å². The van der Waals surface area contributed by atoms with Gasteiger partial charge in [0, 0.05) is 30.6 Å². The summed E-state index contributed by atoms with van der Waals surface area (Å²) in [5.74, 6) is 1.40. The number of ether oxygens (including phenoxy) is 1. The van der Waals surface area contributed by atoms with Crippen molar-refractivity contribution in [2.45, 2.75) is 58.7 Å². The van der Waals surface area contributed by atoms with Gasteiger partial charge in [-0.25, -0.2) is 9.67 Å². The zero-order chi connectivity index (χ0) is 23.5. The van der Waals surface area contributed by atoms with E-state index in [2.05, 4.69) is 20.7 Å². The maximum Gasteiger partial charge on any atom is 0.251 e. The highest BCUT2D eigenvalue weighted by atomic mass is 16.5. The number of hydrogen-bond acceptors (Lipinski definition) is 6. The third kappa shape index (κ3) is 5.15. The van der Waals surface area contributed by atoms with Crippen molar-refractivity contribution >= 4 is 17.7 Å². The van der Waals surface area contributed by atoms with Gasteiger partial charge in [0.25, 0.3) is 5.91 Å². The lowest BCUT2D eigenvalue weighted by atomic mass is 10.1. The predicted octanol–water partition coefficient (Wildman–Crippen LogP) is 0.892. The summed E-state index contributed by atoms with van der Waals surface area (Å²) >= 11 is 0. The van der Waals surface area contributed by atoms with Crippen molar-refractivity contribution < 1.29 is 19.1 Å². The average Bonchev–Trinajstić information content (AvgIpc) is 3.31. The highest BCUT2D eigenvalue weighted by Crippen LogP contribution is 2.27. The normalized spacial score (nSPS) is 21.5. The second-order valence-electron chi connectivity index (χ2n) is 8.64. The minimum Gasteiger partial charge on any atom is -0.491 e. The standard InChI is InChI=1S/C23H30N6O4/c1-14-4-5-17-10-20(14)33-9-8-24-21(30)11-18-6-7-19(12-25-23(17)32)29(18)22(31)13-28-16(3)26-15(2)27-28/h4-5,10,18-19H,6-9,11-13H2,1-3H3,(H,24,30)(H,25,32)/t18-,19+/m0/s1. The van der Waals surface area contributed by atoms with E-state index >= 15 is 0 Å². The second kappa shape index (κ2) is 9.60. The van der Waals surface area contributed by atoms with Gasteiger partial charge in [-0.15, -0.1) is 0 Å². The van der Waals surface area contributed by atoms with Crippen LogP contribution < -0.4 is 15.4 Å². The van der Waals surface area contributed by atoms with Crippen molar-refractivity contribution in [1.82, 2.24) is 30.3 Å². The van der Waals surface area contributed by atoms with E-state index in [0.717, 1.165) is 5.56 Å². The van der Waals surface area contributed by atoms with Crippen molar-refractivity contribution in [3.63, 3.8) is 0 Å². The highest BCUT2D eigenvalue weighted by Gasteiger charge is 2.38. The van der Waals surface area contributed by atoms with Crippen LogP contribution in [0.4, 0.5) is 0 Å². The topological polar surface area (TPSA) is 118 Å². The van der Waals surface area contributed by atoms with Gasteiger partial charge in [-0.1, -0.05) is 6.07 Å². The maximum absolute atomic E-state index is 13.3. The molecule has 4 rings (SSSR count). The molecule has 10 nitrogen and oxygen atoms in total. The molecule has 2 N–H and O–H groups in total. The van der Waals surface area contributed by atoms with Crippen LogP contribution in [0.25, 0.3) is 0 Å². The molecule has 0 aliphatic carbocycles. The van der Waals surface area contributed by atoms with Crippen LogP contribution >= 0.6 is 0 Å². The molecule has 0 spiro atoms. The van der Waals surface area contributed by atoms with Gasteiger partial charge in [0.2, 0.25) is 11.8 Å².